The summed E-state index contributed by atoms with van der Waals surface area (Å²) in [4.78, 5) is 24.2. The van der Waals surface area contributed by atoms with E-state index in [0.717, 1.165) is 12.5 Å². The van der Waals surface area contributed by atoms with Gasteiger partial charge in [-0.1, -0.05) is 6.92 Å². The van der Waals surface area contributed by atoms with Crippen LogP contribution in [0.4, 0.5) is 10.1 Å². The summed E-state index contributed by atoms with van der Waals surface area (Å²) in [7, 11) is 0. The van der Waals surface area contributed by atoms with Crippen molar-refractivity contribution in [1.82, 2.24) is 5.32 Å². The van der Waals surface area contributed by atoms with Crippen LogP contribution in [-0.2, 0) is 4.79 Å². The average molecular weight is 308 g/mol. The van der Waals surface area contributed by atoms with Crippen molar-refractivity contribution in [2.45, 2.75) is 32.7 Å². The number of carbonyl (C=O) groups excluding carboxylic acids is 2. The Balaban J connectivity index is 2.13. The summed E-state index contributed by atoms with van der Waals surface area (Å²) in [6.07, 6.45) is 1.24. The maximum absolute atomic E-state index is 13.4. The van der Waals surface area contributed by atoms with Gasteiger partial charge in [0.15, 0.2) is 0 Å². The number of rotatable bonds is 6. The Bertz CT molecular complexity index is 577. The monoisotopic (exact) mass is 308 g/mol. The molecule has 0 aromatic heterocycles. The lowest BCUT2D eigenvalue weighted by atomic mass is 10.1. The zero-order chi connectivity index (χ0) is 16.3. The molecular formula is C16H21FN2O3. The lowest BCUT2D eigenvalue weighted by Gasteiger charge is -2.15. The number of carbonyl (C=O) groups is 2. The lowest BCUT2D eigenvalue weighted by molar-refractivity contribution is -0.117. The fourth-order valence-corrected chi connectivity index (χ4v) is 2.29. The van der Waals surface area contributed by atoms with Crippen LogP contribution in [0.3, 0.4) is 0 Å². The van der Waals surface area contributed by atoms with Crippen LogP contribution >= 0.6 is 0 Å². The molecule has 0 spiro atoms. The van der Waals surface area contributed by atoms with Crippen molar-refractivity contribution in [2.24, 2.45) is 11.8 Å². The minimum atomic E-state index is -0.544. The van der Waals surface area contributed by atoms with Crippen LogP contribution in [0, 0.1) is 17.7 Å². The Hall–Kier alpha value is -1.95. The molecule has 1 aliphatic carbocycles. The minimum Gasteiger partial charge on any atom is -0.396 e. The molecule has 2 amide bonds. The Morgan fingerprint density at radius 2 is 2.14 bits per heavy atom. The predicted molar refractivity (Wildman–Crippen MR) is 80.9 cm³/mol. The summed E-state index contributed by atoms with van der Waals surface area (Å²) in [6, 6.07) is 3.46. The van der Waals surface area contributed by atoms with Gasteiger partial charge in [0.2, 0.25) is 5.91 Å². The highest BCUT2D eigenvalue weighted by Gasteiger charge is 2.39. The average Bonchev–Trinajstić information content (AvgIpc) is 3.18. The Kier molecular flexibility index (Phi) is 5.13. The number of anilines is 1. The highest BCUT2D eigenvalue weighted by Crippen LogP contribution is 2.38. The van der Waals surface area contributed by atoms with Gasteiger partial charge in [0.1, 0.15) is 5.82 Å². The quantitative estimate of drug-likeness (QED) is 0.751. The van der Waals surface area contributed by atoms with Gasteiger partial charge in [-0.3, -0.25) is 9.59 Å². The van der Waals surface area contributed by atoms with Gasteiger partial charge >= 0.3 is 0 Å². The van der Waals surface area contributed by atoms with Crippen LogP contribution in [0.2, 0.25) is 0 Å². The second kappa shape index (κ2) is 6.87. The molecule has 6 heteroatoms. The molecule has 1 aliphatic rings. The molecule has 3 atom stereocenters. The van der Waals surface area contributed by atoms with Gasteiger partial charge < -0.3 is 15.7 Å². The van der Waals surface area contributed by atoms with Gasteiger partial charge in [-0.2, -0.15) is 0 Å². The molecule has 120 valence electrons. The zero-order valence-corrected chi connectivity index (χ0v) is 12.7. The summed E-state index contributed by atoms with van der Waals surface area (Å²) in [5, 5.41) is 14.2. The molecule has 0 bridgehead atoms. The van der Waals surface area contributed by atoms with E-state index in [4.69, 9.17) is 5.11 Å². The van der Waals surface area contributed by atoms with E-state index >= 15 is 0 Å². The highest BCUT2D eigenvalue weighted by molar-refractivity contribution is 6.04. The zero-order valence-electron chi connectivity index (χ0n) is 12.7. The Morgan fingerprint density at radius 1 is 1.45 bits per heavy atom. The van der Waals surface area contributed by atoms with Crippen LogP contribution in [0.25, 0.3) is 0 Å². The molecule has 1 saturated carbocycles. The van der Waals surface area contributed by atoms with E-state index in [1.807, 2.05) is 6.92 Å². The fourth-order valence-electron chi connectivity index (χ4n) is 2.29. The third kappa shape index (κ3) is 4.04. The van der Waals surface area contributed by atoms with E-state index in [-0.39, 0.29) is 30.0 Å². The largest absolute Gasteiger partial charge is 0.396 e. The SMILES string of the molecule is CC(CCO)NC(=O)c1cc(F)ccc1NC(=O)C1CC1C. The van der Waals surface area contributed by atoms with Crippen molar-refractivity contribution in [2.75, 3.05) is 11.9 Å². The highest BCUT2D eigenvalue weighted by atomic mass is 19.1. The van der Waals surface area contributed by atoms with Crippen molar-refractivity contribution in [1.29, 1.82) is 0 Å². The molecule has 3 N–H and O–H groups in total. The molecule has 0 radical (unpaired) electrons. The first-order valence-electron chi connectivity index (χ1n) is 7.44. The number of amides is 2. The van der Waals surface area contributed by atoms with Crippen molar-refractivity contribution < 1.29 is 19.1 Å². The standard InChI is InChI=1S/C16H21FN2O3/c1-9-7-12(9)15(21)19-14-4-3-11(17)8-13(14)16(22)18-10(2)5-6-20/h3-4,8-10,12,20H,5-7H2,1-2H3,(H,18,22)(H,19,21). The first kappa shape index (κ1) is 16.4. The number of hydrogen-bond acceptors (Lipinski definition) is 3. The fraction of sp³-hybridized carbons (Fsp3) is 0.500. The second-order valence-corrected chi connectivity index (χ2v) is 5.89. The van der Waals surface area contributed by atoms with Crippen LogP contribution in [-0.4, -0.2) is 29.6 Å². The molecule has 22 heavy (non-hydrogen) atoms. The van der Waals surface area contributed by atoms with Crippen LogP contribution < -0.4 is 10.6 Å². The minimum absolute atomic E-state index is 0.0331. The smallest absolute Gasteiger partial charge is 0.253 e. The van der Waals surface area contributed by atoms with E-state index in [9.17, 15) is 14.0 Å². The molecule has 2 rings (SSSR count). The topological polar surface area (TPSA) is 78.4 Å². The van der Waals surface area contributed by atoms with Crippen LogP contribution in [0.15, 0.2) is 18.2 Å². The maximum atomic E-state index is 13.4. The molecule has 3 unspecified atom stereocenters. The number of benzene rings is 1. The van der Waals surface area contributed by atoms with Crippen molar-refractivity contribution >= 4 is 17.5 Å². The molecule has 1 aromatic rings. The summed E-state index contributed by atoms with van der Waals surface area (Å²) in [5.41, 5.74) is 0.394. The van der Waals surface area contributed by atoms with E-state index in [2.05, 4.69) is 10.6 Å². The summed E-state index contributed by atoms with van der Waals surface area (Å²) in [6.45, 7) is 3.68. The molecule has 1 fully saturated rings. The summed E-state index contributed by atoms with van der Waals surface area (Å²) in [5.74, 6) is -0.842. The Labute approximate surface area is 128 Å². The van der Waals surface area contributed by atoms with E-state index in [1.165, 1.54) is 12.1 Å². The van der Waals surface area contributed by atoms with Crippen molar-refractivity contribution in [3.63, 3.8) is 0 Å². The molecule has 0 saturated heterocycles. The first-order valence-corrected chi connectivity index (χ1v) is 7.44. The van der Waals surface area contributed by atoms with Crippen molar-refractivity contribution in [3.8, 4) is 0 Å². The third-order valence-corrected chi connectivity index (χ3v) is 3.87. The third-order valence-electron chi connectivity index (χ3n) is 3.87. The second-order valence-electron chi connectivity index (χ2n) is 5.89. The molecule has 1 aromatic carbocycles. The Morgan fingerprint density at radius 3 is 2.73 bits per heavy atom. The molecule has 0 heterocycles. The van der Waals surface area contributed by atoms with Gasteiger partial charge in [0, 0.05) is 18.6 Å². The van der Waals surface area contributed by atoms with Crippen molar-refractivity contribution in [3.05, 3.63) is 29.6 Å². The summed E-state index contributed by atoms with van der Waals surface area (Å²) < 4.78 is 13.4. The lowest BCUT2D eigenvalue weighted by Crippen LogP contribution is -2.34. The van der Waals surface area contributed by atoms with Crippen LogP contribution in [0.5, 0.6) is 0 Å². The number of hydrogen-bond donors (Lipinski definition) is 3. The maximum Gasteiger partial charge on any atom is 0.253 e. The van der Waals surface area contributed by atoms with Gasteiger partial charge in [-0.05, 0) is 43.9 Å². The number of aliphatic hydroxyl groups is 1. The van der Waals surface area contributed by atoms with E-state index in [0.29, 0.717) is 18.0 Å². The molecule has 0 aliphatic heterocycles. The number of nitrogens with one attached hydrogen (secondary N) is 2. The predicted octanol–water partition coefficient (Wildman–Crippen LogP) is 1.92. The molecule has 5 nitrogen and oxygen atoms in total. The number of halogens is 1. The molecular weight excluding hydrogens is 287 g/mol. The van der Waals surface area contributed by atoms with Crippen LogP contribution in [0.1, 0.15) is 37.0 Å². The summed E-state index contributed by atoms with van der Waals surface area (Å²) >= 11 is 0. The normalized spacial score (nSPS) is 21.1. The first-order chi connectivity index (χ1) is 10.4. The van der Waals surface area contributed by atoms with E-state index < -0.39 is 11.7 Å². The number of aliphatic hydroxyl groups excluding tert-OH is 1. The van der Waals surface area contributed by atoms with Gasteiger partial charge in [0.25, 0.3) is 5.91 Å². The van der Waals surface area contributed by atoms with Gasteiger partial charge in [-0.15, -0.1) is 0 Å². The van der Waals surface area contributed by atoms with E-state index in [1.54, 1.807) is 6.92 Å². The van der Waals surface area contributed by atoms with Gasteiger partial charge in [0.05, 0.1) is 11.3 Å². The van der Waals surface area contributed by atoms with Gasteiger partial charge in [-0.25, -0.2) is 4.39 Å².